The second kappa shape index (κ2) is 7.33. The summed E-state index contributed by atoms with van der Waals surface area (Å²) in [5.41, 5.74) is 4.05. The van der Waals surface area contributed by atoms with Gasteiger partial charge < -0.3 is 0 Å². The lowest BCUT2D eigenvalue weighted by molar-refractivity contribution is 0.119. The van der Waals surface area contributed by atoms with Gasteiger partial charge in [0.2, 0.25) is 0 Å². The number of aromatic nitrogens is 2. The second-order valence-electron chi connectivity index (χ2n) is 6.12. The van der Waals surface area contributed by atoms with Crippen LogP contribution in [0.15, 0.2) is 85.1 Å². The summed E-state index contributed by atoms with van der Waals surface area (Å²) in [6.45, 7) is 2.50. The number of nitrogens with zero attached hydrogens (tertiary/aromatic N) is 3. The molecule has 0 bridgehead atoms. The van der Waals surface area contributed by atoms with Crippen LogP contribution >= 0.6 is 0 Å². The molecule has 0 aliphatic heterocycles. The summed E-state index contributed by atoms with van der Waals surface area (Å²) in [6, 6.07) is 26.1. The molecule has 0 aliphatic rings. The van der Waals surface area contributed by atoms with Crippen LogP contribution in [0, 0.1) is 6.92 Å². The van der Waals surface area contributed by atoms with Gasteiger partial charge in [-0.25, -0.2) is 9.97 Å². The predicted octanol–water partition coefficient (Wildman–Crippen LogP) is 5.21. The molecule has 0 unspecified atom stereocenters. The molecule has 0 amide bonds. The lowest BCUT2D eigenvalue weighted by atomic mass is 10.2. The monoisotopic (exact) mass is 341 g/mol. The van der Waals surface area contributed by atoms with Crippen LogP contribution in [-0.4, -0.2) is 9.97 Å². The standard InChI is InChI=1S/C22H19N3O/c1-17-12-13-21-19(14-17)15-23-22(24-21)25(20-10-6-3-7-11-20)26-16-18-8-4-2-5-9-18/h2-15H,16H2,1H3. The summed E-state index contributed by atoms with van der Waals surface area (Å²) in [4.78, 5) is 15.3. The highest BCUT2D eigenvalue weighted by Crippen LogP contribution is 2.25. The summed E-state index contributed by atoms with van der Waals surface area (Å²) in [7, 11) is 0. The molecule has 0 saturated carbocycles. The third kappa shape index (κ3) is 3.55. The van der Waals surface area contributed by atoms with Crippen LogP contribution in [0.25, 0.3) is 10.9 Å². The van der Waals surface area contributed by atoms with E-state index in [9.17, 15) is 0 Å². The largest absolute Gasteiger partial charge is 0.261 e. The third-order valence-corrected chi connectivity index (χ3v) is 4.10. The highest BCUT2D eigenvalue weighted by atomic mass is 16.7. The van der Waals surface area contributed by atoms with Crippen molar-refractivity contribution in [2.45, 2.75) is 13.5 Å². The Labute approximate surface area is 152 Å². The zero-order valence-electron chi connectivity index (χ0n) is 14.5. The smallest absolute Gasteiger partial charge is 0.255 e. The minimum absolute atomic E-state index is 0.436. The van der Waals surface area contributed by atoms with Gasteiger partial charge in [0.15, 0.2) is 0 Å². The molecule has 3 aromatic carbocycles. The van der Waals surface area contributed by atoms with Crippen LogP contribution in [0.2, 0.25) is 0 Å². The molecule has 0 aliphatic carbocycles. The molecular weight excluding hydrogens is 322 g/mol. The number of hydrogen-bond donors (Lipinski definition) is 0. The fraction of sp³-hybridized carbons (Fsp3) is 0.0909. The van der Waals surface area contributed by atoms with Crippen molar-refractivity contribution < 1.29 is 4.84 Å². The Bertz CT molecular complexity index is 1000. The number of benzene rings is 3. The van der Waals surface area contributed by atoms with Crippen LogP contribution in [0.4, 0.5) is 11.6 Å². The van der Waals surface area contributed by atoms with Gasteiger partial charge in [0, 0.05) is 11.6 Å². The van der Waals surface area contributed by atoms with E-state index in [1.54, 1.807) is 5.06 Å². The molecule has 4 heteroatoms. The minimum atomic E-state index is 0.436. The van der Waals surface area contributed by atoms with Crippen molar-refractivity contribution in [1.29, 1.82) is 0 Å². The number of aryl methyl sites for hydroxylation is 1. The van der Waals surface area contributed by atoms with Gasteiger partial charge in [0.25, 0.3) is 5.95 Å². The van der Waals surface area contributed by atoms with Crippen molar-refractivity contribution in [1.82, 2.24) is 9.97 Å². The van der Waals surface area contributed by atoms with Gasteiger partial charge in [-0.1, -0.05) is 60.2 Å². The topological polar surface area (TPSA) is 38.2 Å². The first kappa shape index (κ1) is 16.2. The molecule has 128 valence electrons. The molecule has 4 aromatic rings. The first-order valence-electron chi connectivity index (χ1n) is 8.55. The van der Waals surface area contributed by atoms with Gasteiger partial charge in [0.1, 0.15) is 6.61 Å². The van der Waals surface area contributed by atoms with E-state index in [-0.39, 0.29) is 0 Å². The minimum Gasteiger partial charge on any atom is -0.261 e. The Kier molecular flexibility index (Phi) is 4.58. The Morgan fingerprint density at radius 3 is 2.38 bits per heavy atom. The van der Waals surface area contributed by atoms with Crippen molar-refractivity contribution in [3.05, 3.63) is 96.2 Å². The van der Waals surface area contributed by atoms with Crippen molar-refractivity contribution in [3.63, 3.8) is 0 Å². The first-order valence-corrected chi connectivity index (χ1v) is 8.55. The Morgan fingerprint density at radius 2 is 1.62 bits per heavy atom. The van der Waals surface area contributed by atoms with Crippen LogP contribution in [0.5, 0.6) is 0 Å². The van der Waals surface area contributed by atoms with Crippen molar-refractivity contribution >= 4 is 22.5 Å². The molecule has 4 rings (SSSR count). The van der Waals surface area contributed by atoms with E-state index in [1.807, 2.05) is 72.9 Å². The predicted molar refractivity (Wildman–Crippen MR) is 104 cm³/mol. The molecule has 4 nitrogen and oxygen atoms in total. The average Bonchev–Trinajstić information content (AvgIpc) is 2.70. The molecule has 0 N–H and O–H groups in total. The lowest BCUT2D eigenvalue weighted by Gasteiger charge is -2.22. The van der Waals surface area contributed by atoms with Crippen LogP contribution in [-0.2, 0) is 11.4 Å². The molecule has 0 saturated heterocycles. The maximum absolute atomic E-state index is 6.08. The molecule has 0 radical (unpaired) electrons. The number of anilines is 2. The SMILES string of the molecule is Cc1ccc2nc(N(OCc3ccccc3)c3ccccc3)ncc2c1. The van der Waals surface area contributed by atoms with E-state index in [4.69, 9.17) is 9.82 Å². The molecular formula is C22H19N3O. The Balaban J connectivity index is 1.69. The van der Waals surface area contributed by atoms with Gasteiger partial charge in [0.05, 0.1) is 11.2 Å². The van der Waals surface area contributed by atoms with Gasteiger partial charge in [-0.3, -0.25) is 4.84 Å². The first-order chi connectivity index (χ1) is 12.8. The molecule has 0 spiro atoms. The van der Waals surface area contributed by atoms with E-state index >= 15 is 0 Å². The van der Waals surface area contributed by atoms with Crippen molar-refractivity contribution in [2.75, 3.05) is 5.06 Å². The van der Waals surface area contributed by atoms with E-state index in [0.29, 0.717) is 12.6 Å². The van der Waals surface area contributed by atoms with Crippen LogP contribution in [0.1, 0.15) is 11.1 Å². The molecule has 0 fully saturated rings. The zero-order chi connectivity index (χ0) is 17.8. The summed E-state index contributed by atoms with van der Waals surface area (Å²) >= 11 is 0. The number of fused-ring (bicyclic) bond motifs is 1. The molecule has 0 atom stereocenters. The fourth-order valence-corrected chi connectivity index (χ4v) is 2.77. The van der Waals surface area contributed by atoms with Gasteiger partial charge in [-0.2, -0.15) is 5.06 Å². The van der Waals surface area contributed by atoms with Crippen LogP contribution < -0.4 is 5.06 Å². The quantitative estimate of drug-likeness (QED) is 0.467. The second-order valence-corrected chi connectivity index (χ2v) is 6.12. The summed E-state index contributed by atoms with van der Waals surface area (Å²) in [5, 5.41) is 2.71. The normalized spacial score (nSPS) is 10.8. The molecule has 26 heavy (non-hydrogen) atoms. The Morgan fingerprint density at radius 1 is 0.885 bits per heavy atom. The Hall–Kier alpha value is -3.24. The van der Waals surface area contributed by atoms with Gasteiger partial charge in [-0.05, 0) is 36.8 Å². The van der Waals surface area contributed by atoms with E-state index < -0.39 is 0 Å². The zero-order valence-corrected chi connectivity index (χ0v) is 14.5. The molecule has 1 aromatic heterocycles. The summed E-state index contributed by atoms with van der Waals surface area (Å²) in [6.07, 6.45) is 1.84. The van der Waals surface area contributed by atoms with E-state index in [0.717, 1.165) is 22.2 Å². The summed E-state index contributed by atoms with van der Waals surface area (Å²) in [5.74, 6) is 0.517. The van der Waals surface area contributed by atoms with E-state index in [1.165, 1.54) is 5.56 Å². The number of para-hydroxylation sites is 1. The molecule has 1 heterocycles. The lowest BCUT2D eigenvalue weighted by Crippen LogP contribution is -2.20. The number of rotatable bonds is 5. The number of hydrogen-bond acceptors (Lipinski definition) is 4. The average molecular weight is 341 g/mol. The van der Waals surface area contributed by atoms with Gasteiger partial charge in [-0.15, -0.1) is 0 Å². The fourth-order valence-electron chi connectivity index (χ4n) is 2.77. The highest BCUT2D eigenvalue weighted by molar-refractivity contribution is 5.79. The highest BCUT2D eigenvalue weighted by Gasteiger charge is 2.14. The van der Waals surface area contributed by atoms with Crippen LogP contribution in [0.3, 0.4) is 0 Å². The van der Waals surface area contributed by atoms with Crippen molar-refractivity contribution in [3.8, 4) is 0 Å². The maximum Gasteiger partial charge on any atom is 0.255 e. The van der Waals surface area contributed by atoms with Crippen molar-refractivity contribution in [2.24, 2.45) is 0 Å². The third-order valence-electron chi connectivity index (χ3n) is 4.10. The van der Waals surface area contributed by atoms with Gasteiger partial charge >= 0.3 is 0 Å². The maximum atomic E-state index is 6.08. The summed E-state index contributed by atoms with van der Waals surface area (Å²) < 4.78 is 0. The van der Waals surface area contributed by atoms with E-state index in [2.05, 4.69) is 24.0 Å².